The second kappa shape index (κ2) is 11.7. The van der Waals surface area contributed by atoms with Crippen molar-refractivity contribution >= 4 is 5.91 Å². The molecule has 0 saturated carbocycles. The Balaban J connectivity index is 1.64. The van der Waals surface area contributed by atoms with Gasteiger partial charge in [-0.3, -0.25) is 14.8 Å². The molecule has 1 unspecified atom stereocenters. The van der Waals surface area contributed by atoms with E-state index in [0.717, 1.165) is 29.7 Å². The Bertz CT molecular complexity index is 903. The van der Waals surface area contributed by atoms with E-state index in [1.54, 1.807) is 18.6 Å². The molecular formula is C24H28N4O2. The number of nitrogens with one attached hydrogen (secondary N) is 2. The summed E-state index contributed by atoms with van der Waals surface area (Å²) in [6.45, 7) is 3.75. The summed E-state index contributed by atoms with van der Waals surface area (Å²) in [6.07, 6.45) is 8.68. The lowest BCUT2D eigenvalue weighted by Crippen LogP contribution is -2.39. The summed E-state index contributed by atoms with van der Waals surface area (Å²) >= 11 is 0. The lowest BCUT2D eigenvalue weighted by atomic mass is 10.0. The van der Waals surface area contributed by atoms with E-state index in [1.165, 1.54) is 5.56 Å². The quantitative estimate of drug-likeness (QED) is 0.514. The van der Waals surface area contributed by atoms with Gasteiger partial charge in [-0.2, -0.15) is 0 Å². The molecule has 2 heterocycles. The number of carbonyl (C=O) groups is 1. The van der Waals surface area contributed by atoms with Gasteiger partial charge in [0.2, 0.25) is 5.91 Å². The van der Waals surface area contributed by atoms with Crippen molar-refractivity contribution < 1.29 is 9.53 Å². The van der Waals surface area contributed by atoms with Crippen molar-refractivity contribution in [2.75, 3.05) is 19.7 Å². The number of nitrogens with zero attached hydrogens (tertiary/aromatic N) is 2. The molecule has 1 aromatic carbocycles. The van der Waals surface area contributed by atoms with Gasteiger partial charge < -0.3 is 15.4 Å². The van der Waals surface area contributed by atoms with Crippen molar-refractivity contribution in [2.24, 2.45) is 0 Å². The molecule has 0 spiro atoms. The fraction of sp³-hybridized carbons (Fsp3) is 0.292. The van der Waals surface area contributed by atoms with Crippen LogP contribution in [0.5, 0.6) is 5.75 Å². The standard InChI is InChI=1S/C24H28N4O2/c1-2-30-22-7-3-6-21(17-22)23(27-15-10-19-8-13-25-14-9-19)24(29)28-16-11-20-5-4-12-26-18-20/h3-9,12-14,17-18,23,27H,2,10-11,15-16H2,1H3,(H,28,29). The maximum atomic E-state index is 13.0. The van der Waals surface area contributed by atoms with Crippen LogP contribution in [-0.2, 0) is 17.6 Å². The predicted molar refractivity (Wildman–Crippen MR) is 117 cm³/mol. The van der Waals surface area contributed by atoms with Crippen LogP contribution in [0.3, 0.4) is 0 Å². The maximum Gasteiger partial charge on any atom is 0.241 e. The Labute approximate surface area is 177 Å². The number of benzene rings is 1. The van der Waals surface area contributed by atoms with Gasteiger partial charge in [0.05, 0.1) is 6.61 Å². The van der Waals surface area contributed by atoms with Crippen molar-refractivity contribution in [3.63, 3.8) is 0 Å². The smallest absolute Gasteiger partial charge is 0.241 e. The zero-order valence-electron chi connectivity index (χ0n) is 17.3. The summed E-state index contributed by atoms with van der Waals surface area (Å²) in [5.74, 6) is 0.710. The number of ether oxygens (including phenoxy) is 1. The summed E-state index contributed by atoms with van der Waals surface area (Å²) in [5.41, 5.74) is 3.16. The van der Waals surface area contributed by atoms with Gasteiger partial charge in [0.25, 0.3) is 0 Å². The topological polar surface area (TPSA) is 76.1 Å². The van der Waals surface area contributed by atoms with Crippen molar-refractivity contribution in [1.29, 1.82) is 0 Å². The molecule has 0 bridgehead atoms. The molecule has 3 aromatic rings. The average molecular weight is 405 g/mol. The summed E-state index contributed by atoms with van der Waals surface area (Å²) in [4.78, 5) is 21.2. The van der Waals surface area contributed by atoms with E-state index >= 15 is 0 Å². The van der Waals surface area contributed by atoms with Crippen molar-refractivity contribution in [1.82, 2.24) is 20.6 Å². The first-order valence-electron chi connectivity index (χ1n) is 10.3. The van der Waals surface area contributed by atoms with Gasteiger partial charge in [0, 0.05) is 37.9 Å². The highest BCUT2D eigenvalue weighted by atomic mass is 16.5. The Morgan fingerprint density at radius 2 is 1.80 bits per heavy atom. The average Bonchev–Trinajstić information content (AvgIpc) is 2.78. The second-order valence-electron chi connectivity index (χ2n) is 6.90. The SMILES string of the molecule is CCOc1cccc(C(NCCc2ccncc2)C(=O)NCCc2cccnc2)c1. The van der Waals surface area contributed by atoms with Crippen molar-refractivity contribution in [3.05, 3.63) is 90.0 Å². The molecule has 6 nitrogen and oxygen atoms in total. The largest absolute Gasteiger partial charge is 0.494 e. The minimum atomic E-state index is -0.457. The fourth-order valence-corrected chi connectivity index (χ4v) is 3.20. The molecular weight excluding hydrogens is 376 g/mol. The van der Waals surface area contributed by atoms with Gasteiger partial charge in [-0.05, 0) is 66.8 Å². The first-order valence-corrected chi connectivity index (χ1v) is 10.3. The third kappa shape index (κ3) is 6.67. The lowest BCUT2D eigenvalue weighted by molar-refractivity contribution is -0.123. The molecule has 0 saturated heterocycles. The van der Waals surface area contributed by atoms with E-state index in [-0.39, 0.29) is 5.91 Å². The van der Waals surface area contributed by atoms with Crippen LogP contribution < -0.4 is 15.4 Å². The molecule has 0 radical (unpaired) electrons. The number of hydrogen-bond donors (Lipinski definition) is 2. The van der Waals surface area contributed by atoms with Gasteiger partial charge >= 0.3 is 0 Å². The number of aromatic nitrogens is 2. The van der Waals surface area contributed by atoms with Crippen LogP contribution in [0.1, 0.15) is 29.7 Å². The molecule has 0 aliphatic rings. The molecule has 0 aliphatic heterocycles. The molecule has 6 heteroatoms. The van der Waals surface area contributed by atoms with Gasteiger partial charge in [-0.25, -0.2) is 0 Å². The number of amides is 1. The van der Waals surface area contributed by atoms with E-state index in [2.05, 4.69) is 20.6 Å². The molecule has 30 heavy (non-hydrogen) atoms. The minimum Gasteiger partial charge on any atom is -0.494 e. The molecule has 0 fully saturated rings. The zero-order valence-corrected chi connectivity index (χ0v) is 17.3. The van der Waals surface area contributed by atoms with E-state index in [4.69, 9.17) is 4.74 Å². The Kier molecular flexibility index (Phi) is 8.35. The predicted octanol–water partition coefficient (Wildman–Crippen LogP) is 3.11. The van der Waals surface area contributed by atoms with Crippen LogP contribution in [0, 0.1) is 0 Å². The Morgan fingerprint density at radius 3 is 2.57 bits per heavy atom. The van der Waals surface area contributed by atoms with Gasteiger partial charge in [0.1, 0.15) is 11.8 Å². The molecule has 1 atom stereocenters. The molecule has 0 aliphatic carbocycles. The zero-order chi connectivity index (χ0) is 21.0. The van der Waals surface area contributed by atoms with Crippen LogP contribution in [0.2, 0.25) is 0 Å². The van der Waals surface area contributed by atoms with Crippen LogP contribution in [0.15, 0.2) is 73.3 Å². The second-order valence-corrected chi connectivity index (χ2v) is 6.90. The van der Waals surface area contributed by atoms with E-state index < -0.39 is 6.04 Å². The molecule has 156 valence electrons. The summed E-state index contributed by atoms with van der Waals surface area (Å²) in [6, 6.07) is 15.1. The third-order valence-corrected chi connectivity index (χ3v) is 4.71. The van der Waals surface area contributed by atoms with Crippen LogP contribution in [0.25, 0.3) is 0 Å². The minimum absolute atomic E-state index is 0.0535. The first-order chi connectivity index (χ1) is 14.8. The van der Waals surface area contributed by atoms with Crippen LogP contribution in [0.4, 0.5) is 0 Å². The number of carbonyl (C=O) groups excluding carboxylic acids is 1. The Hall–Kier alpha value is -3.25. The van der Waals surface area contributed by atoms with Gasteiger partial charge in [-0.15, -0.1) is 0 Å². The van der Waals surface area contributed by atoms with E-state index in [9.17, 15) is 4.79 Å². The van der Waals surface area contributed by atoms with Crippen LogP contribution in [-0.4, -0.2) is 35.6 Å². The number of rotatable bonds is 11. The van der Waals surface area contributed by atoms with Crippen LogP contribution >= 0.6 is 0 Å². The van der Waals surface area contributed by atoms with Gasteiger partial charge in [-0.1, -0.05) is 18.2 Å². The van der Waals surface area contributed by atoms with E-state index in [0.29, 0.717) is 19.7 Å². The molecule has 1 amide bonds. The molecule has 2 N–H and O–H groups in total. The Morgan fingerprint density at radius 1 is 0.967 bits per heavy atom. The summed E-state index contributed by atoms with van der Waals surface area (Å²) < 4.78 is 5.62. The third-order valence-electron chi connectivity index (χ3n) is 4.71. The lowest BCUT2D eigenvalue weighted by Gasteiger charge is -2.20. The fourth-order valence-electron chi connectivity index (χ4n) is 3.20. The normalized spacial score (nSPS) is 11.6. The summed E-state index contributed by atoms with van der Waals surface area (Å²) in [5, 5.41) is 6.45. The first kappa shape index (κ1) is 21.5. The molecule has 3 rings (SSSR count). The monoisotopic (exact) mass is 404 g/mol. The highest BCUT2D eigenvalue weighted by molar-refractivity contribution is 5.83. The van der Waals surface area contributed by atoms with E-state index in [1.807, 2.05) is 61.7 Å². The highest BCUT2D eigenvalue weighted by Crippen LogP contribution is 2.20. The number of pyridine rings is 2. The highest BCUT2D eigenvalue weighted by Gasteiger charge is 2.20. The molecule has 2 aromatic heterocycles. The summed E-state index contributed by atoms with van der Waals surface area (Å²) in [7, 11) is 0. The van der Waals surface area contributed by atoms with Gasteiger partial charge in [0.15, 0.2) is 0 Å². The van der Waals surface area contributed by atoms with Crippen molar-refractivity contribution in [2.45, 2.75) is 25.8 Å². The number of hydrogen-bond acceptors (Lipinski definition) is 5. The van der Waals surface area contributed by atoms with Crippen molar-refractivity contribution in [3.8, 4) is 5.75 Å². The maximum absolute atomic E-state index is 13.0.